The molecule has 1 N–H and O–H groups in total. The molecule has 16 heavy (non-hydrogen) atoms. The van der Waals surface area contributed by atoms with Crippen molar-refractivity contribution >= 4 is 5.97 Å². The molecule has 3 rings (SSSR count). The Morgan fingerprint density at radius 1 is 1.12 bits per heavy atom. The van der Waals surface area contributed by atoms with E-state index in [1.54, 1.807) is 0 Å². The second kappa shape index (κ2) is 3.90. The third-order valence-corrected chi connectivity index (χ3v) is 5.08. The second-order valence-corrected chi connectivity index (χ2v) is 5.89. The summed E-state index contributed by atoms with van der Waals surface area (Å²) in [6.45, 7) is 0. The minimum absolute atomic E-state index is 0.367. The van der Waals surface area contributed by atoms with Crippen LogP contribution in [0, 0.1) is 29.6 Å². The van der Waals surface area contributed by atoms with Crippen LogP contribution in [0.3, 0.4) is 0 Å². The highest BCUT2D eigenvalue weighted by atomic mass is 16.4. The maximum atomic E-state index is 10.6. The Hall–Kier alpha value is -0.790. The van der Waals surface area contributed by atoms with E-state index < -0.39 is 5.97 Å². The van der Waals surface area contributed by atoms with Crippen LogP contribution in [-0.2, 0) is 4.79 Å². The Labute approximate surface area is 96.7 Å². The van der Waals surface area contributed by atoms with Crippen molar-refractivity contribution < 1.29 is 9.90 Å². The SMILES string of the molecule is O=C(O)CCC1CCC2C3C=CC(C3)C2C1. The Kier molecular flexibility index (Phi) is 2.53. The highest BCUT2D eigenvalue weighted by Gasteiger charge is 2.46. The zero-order valence-corrected chi connectivity index (χ0v) is 9.64. The van der Waals surface area contributed by atoms with Gasteiger partial charge in [0.15, 0.2) is 0 Å². The van der Waals surface area contributed by atoms with Crippen LogP contribution in [0.25, 0.3) is 0 Å². The molecule has 3 aliphatic rings. The first-order chi connectivity index (χ1) is 7.74. The average molecular weight is 220 g/mol. The van der Waals surface area contributed by atoms with Gasteiger partial charge < -0.3 is 5.11 Å². The molecule has 0 aromatic carbocycles. The van der Waals surface area contributed by atoms with E-state index in [0.29, 0.717) is 12.3 Å². The lowest BCUT2D eigenvalue weighted by molar-refractivity contribution is -0.137. The zero-order valence-electron chi connectivity index (χ0n) is 9.64. The molecule has 0 aromatic rings. The van der Waals surface area contributed by atoms with Crippen LogP contribution in [-0.4, -0.2) is 11.1 Å². The third-order valence-electron chi connectivity index (χ3n) is 5.08. The van der Waals surface area contributed by atoms with E-state index in [1.165, 1.54) is 25.7 Å². The molecule has 2 bridgehead atoms. The standard InChI is InChI=1S/C14H20O2/c15-14(16)6-2-9-1-5-12-10-3-4-11(8-10)13(12)7-9/h3-4,9-13H,1-2,5-8H2,(H,15,16). The summed E-state index contributed by atoms with van der Waals surface area (Å²) in [6, 6.07) is 0. The number of rotatable bonds is 3. The molecule has 2 saturated carbocycles. The normalized spacial score (nSPS) is 44.6. The molecule has 0 heterocycles. The Bertz CT molecular complexity index is 321. The van der Waals surface area contributed by atoms with Gasteiger partial charge in [-0.15, -0.1) is 0 Å². The van der Waals surface area contributed by atoms with Crippen molar-refractivity contribution in [3.8, 4) is 0 Å². The molecule has 3 aliphatic carbocycles. The van der Waals surface area contributed by atoms with Gasteiger partial charge >= 0.3 is 5.97 Å². The molecular weight excluding hydrogens is 200 g/mol. The minimum atomic E-state index is -0.630. The molecule has 2 nitrogen and oxygen atoms in total. The lowest BCUT2D eigenvalue weighted by atomic mass is 9.68. The lowest BCUT2D eigenvalue weighted by Crippen LogP contribution is -2.28. The van der Waals surface area contributed by atoms with E-state index in [0.717, 1.165) is 30.1 Å². The number of carboxylic acids is 1. The highest BCUT2D eigenvalue weighted by Crippen LogP contribution is 2.55. The van der Waals surface area contributed by atoms with Crippen molar-refractivity contribution in [3.05, 3.63) is 12.2 Å². The van der Waals surface area contributed by atoms with Gasteiger partial charge in [0.2, 0.25) is 0 Å². The molecule has 5 unspecified atom stereocenters. The quantitative estimate of drug-likeness (QED) is 0.742. The summed E-state index contributed by atoms with van der Waals surface area (Å²) in [6.07, 6.45) is 11.4. The van der Waals surface area contributed by atoms with Crippen LogP contribution >= 0.6 is 0 Å². The summed E-state index contributed by atoms with van der Waals surface area (Å²) in [4.78, 5) is 10.6. The fourth-order valence-electron chi connectivity index (χ4n) is 4.33. The summed E-state index contributed by atoms with van der Waals surface area (Å²) < 4.78 is 0. The van der Waals surface area contributed by atoms with Crippen LogP contribution in [0.4, 0.5) is 0 Å². The topological polar surface area (TPSA) is 37.3 Å². The van der Waals surface area contributed by atoms with E-state index in [9.17, 15) is 4.79 Å². The molecule has 5 atom stereocenters. The monoisotopic (exact) mass is 220 g/mol. The molecule has 0 radical (unpaired) electrons. The highest BCUT2D eigenvalue weighted by molar-refractivity contribution is 5.66. The Morgan fingerprint density at radius 2 is 1.88 bits per heavy atom. The van der Waals surface area contributed by atoms with Gasteiger partial charge in [-0.25, -0.2) is 0 Å². The van der Waals surface area contributed by atoms with Crippen LogP contribution in [0.1, 0.15) is 38.5 Å². The van der Waals surface area contributed by atoms with Gasteiger partial charge in [0, 0.05) is 6.42 Å². The summed E-state index contributed by atoms with van der Waals surface area (Å²) in [5, 5.41) is 8.73. The van der Waals surface area contributed by atoms with Gasteiger partial charge in [0.05, 0.1) is 0 Å². The predicted octanol–water partition coefficient (Wildman–Crippen LogP) is 3.09. The third kappa shape index (κ3) is 1.68. The summed E-state index contributed by atoms with van der Waals surface area (Å²) >= 11 is 0. The van der Waals surface area contributed by atoms with Gasteiger partial charge in [-0.3, -0.25) is 4.79 Å². The van der Waals surface area contributed by atoms with E-state index in [-0.39, 0.29) is 0 Å². The van der Waals surface area contributed by atoms with Gasteiger partial charge in [-0.2, -0.15) is 0 Å². The predicted molar refractivity (Wildman–Crippen MR) is 61.9 cm³/mol. The number of hydrogen-bond donors (Lipinski definition) is 1. The first-order valence-electron chi connectivity index (χ1n) is 6.64. The molecule has 0 amide bonds. The minimum Gasteiger partial charge on any atom is -0.481 e. The zero-order chi connectivity index (χ0) is 11.1. The van der Waals surface area contributed by atoms with Crippen LogP contribution in [0.2, 0.25) is 0 Å². The van der Waals surface area contributed by atoms with Crippen LogP contribution in [0.15, 0.2) is 12.2 Å². The summed E-state index contributed by atoms with van der Waals surface area (Å²) in [5.74, 6) is 3.59. The largest absolute Gasteiger partial charge is 0.481 e. The van der Waals surface area contributed by atoms with Gasteiger partial charge in [0.1, 0.15) is 0 Å². The first-order valence-corrected chi connectivity index (χ1v) is 6.64. The molecule has 0 aromatic heterocycles. The summed E-state index contributed by atoms with van der Waals surface area (Å²) in [7, 11) is 0. The van der Waals surface area contributed by atoms with E-state index >= 15 is 0 Å². The number of aliphatic carboxylic acids is 1. The molecule has 0 spiro atoms. The van der Waals surface area contributed by atoms with Gasteiger partial charge in [-0.1, -0.05) is 18.6 Å². The van der Waals surface area contributed by atoms with Crippen molar-refractivity contribution in [1.82, 2.24) is 0 Å². The lowest BCUT2D eigenvalue weighted by Gasteiger charge is -2.37. The number of carbonyl (C=O) groups is 1. The number of allylic oxidation sites excluding steroid dienone is 2. The number of carboxylic acid groups (broad SMARTS) is 1. The molecular formula is C14H20O2. The van der Waals surface area contributed by atoms with Crippen molar-refractivity contribution in [2.24, 2.45) is 29.6 Å². The van der Waals surface area contributed by atoms with Gasteiger partial charge in [0.25, 0.3) is 0 Å². The van der Waals surface area contributed by atoms with E-state index in [2.05, 4.69) is 12.2 Å². The van der Waals surface area contributed by atoms with Crippen LogP contribution in [0.5, 0.6) is 0 Å². The molecule has 2 heteroatoms. The number of fused-ring (bicyclic) bond motifs is 5. The molecule has 2 fully saturated rings. The van der Waals surface area contributed by atoms with Crippen molar-refractivity contribution in [2.45, 2.75) is 38.5 Å². The Morgan fingerprint density at radius 3 is 2.62 bits per heavy atom. The van der Waals surface area contributed by atoms with Crippen molar-refractivity contribution in [3.63, 3.8) is 0 Å². The fourth-order valence-corrected chi connectivity index (χ4v) is 4.33. The maximum Gasteiger partial charge on any atom is 0.303 e. The first kappa shape index (κ1) is 10.4. The molecule has 88 valence electrons. The number of hydrogen-bond acceptors (Lipinski definition) is 1. The van der Waals surface area contributed by atoms with Crippen molar-refractivity contribution in [2.75, 3.05) is 0 Å². The van der Waals surface area contributed by atoms with Gasteiger partial charge in [-0.05, 0) is 55.3 Å². The average Bonchev–Trinajstić information content (AvgIpc) is 2.87. The van der Waals surface area contributed by atoms with Crippen molar-refractivity contribution in [1.29, 1.82) is 0 Å². The summed E-state index contributed by atoms with van der Waals surface area (Å²) in [5.41, 5.74) is 0. The maximum absolute atomic E-state index is 10.6. The smallest absolute Gasteiger partial charge is 0.303 e. The molecule has 0 saturated heterocycles. The Balaban J connectivity index is 1.59. The fraction of sp³-hybridized carbons (Fsp3) is 0.786. The van der Waals surface area contributed by atoms with Crippen LogP contribution < -0.4 is 0 Å². The second-order valence-electron chi connectivity index (χ2n) is 5.89. The van der Waals surface area contributed by atoms with E-state index in [4.69, 9.17) is 5.11 Å². The van der Waals surface area contributed by atoms with E-state index in [1.807, 2.05) is 0 Å². The molecule has 0 aliphatic heterocycles.